The van der Waals surface area contributed by atoms with Crippen LogP contribution in [0, 0.1) is 0 Å². The standard InChI is InChI=1S/C21H40O5/c1-2-3-4-5-6-7-8-9-10-11-12-13-14-15-25-19(16-22)21-20(24)18(23)17-26-21/h6-7,18-24H,2-5,8-17H2,1H3/b7-6+/t18-,19+,20+,21+/m0/s1. The molecule has 1 aliphatic rings. The van der Waals surface area contributed by atoms with Crippen LogP contribution in [0.5, 0.6) is 0 Å². The molecule has 0 radical (unpaired) electrons. The van der Waals surface area contributed by atoms with E-state index in [-0.39, 0.29) is 13.2 Å². The molecule has 26 heavy (non-hydrogen) atoms. The molecule has 1 aliphatic heterocycles. The quantitative estimate of drug-likeness (QED) is 0.286. The van der Waals surface area contributed by atoms with E-state index in [9.17, 15) is 15.3 Å². The fraction of sp³-hybridized carbons (Fsp3) is 0.905. The first kappa shape index (κ1) is 23.6. The number of ether oxygens (including phenoxy) is 2. The number of hydrogen-bond donors (Lipinski definition) is 3. The second-order valence-corrected chi connectivity index (χ2v) is 7.32. The Hall–Kier alpha value is -0.460. The van der Waals surface area contributed by atoms with Gasteiger partial charge in [0, 0.05) is 6.61 Å². The van der Waals surface area contributed by atoms with Gasteiger partial charge < -0.3 is 24.8 Å². The molecule has 1 rings (SSSR count). The summed E-state index contributed by atoms with van der Waals surface area (Å²) in [5.41, 5.74) is 0. The number of aliphatic hydroxyl groups is 3. The summed E-state index contributed by atoms with van der Waals surface area (Å²) in [6, 6.07) is 0. The monoisotopic (exact) mass is 372 g/mol. The number of aliphatic hydroxyl groups excluding tert-OH is 3. The van der Waals surface area contributed by atoms with Crippen molar-refractivity contribution in [1.82, 2.24) is 0 Å². The Morgan fingerprint density at radius 1 is 0.962 bits per heavy atom. The molecule has 0 unspecified atom stereocenters. The second-order valence-electron chi connectivity index (χ2n) is 7.32. The molecule has 0 amide bonds. The SMILES string of the molecule is CCCCC/C=C/CCCCCCCCO[C@H](CO)[C@H]1OC[C@H](O)[C@H]1O. The van der Waals surface area contributed by atoms with E-state index < -0.39 is 24.4 Å². The van der Waals surface area contributed by atoms with Crippen molar-refractivity contribution in [2.24, 2.45) is 0 Å². The molecule has 0 aromatic rings. The molecular formula is C21H40O5. The third kappa shape index (κ3) is 10.0. The fourth-order valence-electron chi connectivity index (χ4n) is 3.26. The van der Waals surface area contributed by atoms with Crippen LogP contribution < -0.4 is 0 Å². The summed E-state index contributed by atoms with van der Waals surface area (Å²) in [6.45, 7) is 2.68. The Morgan fingerprint density at radius 2 is 1.58 bits per heavy atom. The molecule has 1 heterocycles. The van der Waals surface area contributed by atoms with Gasteiger partial charge in [-0.25, -0.2) is 0 Å². The van der Waals surface area contributed by atoms with Gasteiger partial charge in [0.25, 0.3) is 0 Å². The Labute approximate surface area is 159 Å². The maximum atomic E-state index is 9.80. The summed E-state index contributed by atoms with van der Waals surface area (Å²) < 4.78 is 10.9. The molecule has 0 bridgehead atoms. The van der Waals surface area contributed by atoms with E-state index in [4.69, 9.17) is 9.47 Å². The number of hydrogen-bond acceptors (Lipinski definition) is 5. The van der Waals surface area contributed by atoms with E-state index in [1.54, 1.807) is 0 Å². The minimum absolute atomic E-state index is 0.0968. The van der Waals surface area contributed by atoms with Crippen molar-refractivity contribution in [2.75, 3.05) is 19.8 Å². The van der Waals surface area contributed by atoms with Gasteiger partial charge >= 0.3 is 0 Å². The van der Waals surface area contributed by atoms with Gasteiger partial charge in [-0.15, -0.1) is 0 Å². The Morgan fingerprint density at radius 3 is 2.15 bits per heavy atom. The predicted molar refractivity (Wildman–Crippen MR) is 104 cm³/mol. The van der Waals surface area contributed by atoms with Crippen molar-refractivity contribution in [2.45, 2.75) is 102 Å². The van der Waals surface area contributed by atoms with Crippen molar-refractivity contribution >= 4 is 0 Å². The molecule has 5 nitrogen and oxygen atoms in total. The van der Waals surface area contributed by atoms with E-state index in [2.05, 4.69) is 19.1 Å². The largest absolute Gasteiger partial charge is 0.394 e. The molecule has 0 aromatic heterocycles. The first-order valence-electron chi connectivity index (χ1n) is 10.6. The topological polar surface area (TPSA) is 79.2 Å². The van der Waals surface area contributed by atoms with E-state index in [1.807, 2.05) is 0 Å². The molecule has 0 aromatic carbocycles. The average molecular weight is 373 g/mol. The summed E-state index contributed by atoms with van der Waals surface area (Å²) in [7, 11) is 0. The lowest BCUT2D eigenvalue weighted by molar-refractivity contribution is -0.101. The molecule has 4 atom stereocenters. The third-order valence-corrected chi connectivity index (χ3v) is 4.97. The Bertz CT molecular complexity index is 347. The Kier molecular flexibility index (Phi) is 14.1. The molecule has 0 saturated carbocycles. The zero-order chi connectivity index (χ0) is 19.0. The van der Waals surface area contributed by atoms with Crippen LogP contribution >= 0.6 is 0 Å². The summed E-state index contributed by atoms with van der Waals surface area (Å²) in [6.07, 6.45) is 15.0. The molecule has 154 valence electrons. The average Bonchev–Trinajstić information content (AvgIpc) is 2.98. The highest BCUT2D eigenvalue weighted by Crippen LogP contribution is 2.20. The Balaban J connectivity index is 1.91. The molecule has 1 fully saturated rings. The van der Waals surface area contributed by atoms with E-state index >= 15 is 0 Å². The van der Waals surface area contributed by atoms with Crippen LogP contribution in [0.25, 0.3) is 0 Å². The van der Waals surface area contributed by atoms with Crippen molar-refractivity contribution < 1.29 is 24.8 Å². The van der Waals surface area contributed by atoms with Crippen LogP contribution in [-0.2, 0) is 9.47 Å². The summed E-state index contributed by atoms with van der Waals surface area (Å²) in [4.78, 5) is 0. The lowest BCUT2D eigenvalue weighted by Gasteiger charge is -2.24. The molecule has 3 N–H and O–H groups in total. The van der Waals surface area contributed by atoms with E-state index in [0.29, 0.717) is 6.61 Å². The fourth-order valence-corrected chi connectivity index (χ4v) is 3.26. The zero-order valence-corrected chi connectivity index (χ0v) is 16.5. The molecule has 1 saturated heterocycles. The van der Waals surface area contributed by atoms with E-state index in [0.717, 1.165) is 12.8 Å². The van der Waals surface area contributed by atoms with Crippen LogP contribution in [0.15, 0.2) is 12.2 Å². The molecular weight excluding hydrogens is 332 g/mol. The van der Waals surface area contributed by atoms with Crippen molar-refractivity contribution in [3.63, 3.8) is 0 Å². The maximum absolute atomic E-state index is 9.80. The summed E-state index contributed by atoms with van der Waals surface area (Å²) in [5, 5.41) is 28.7. The van der Waals surface area contributed by atoms with Crippen molar-refractivity contribution in [3.8, 4) is 0 Å². The van der Waals surface area contributed by atoms with Crippen LogP contribution in [0.1, 0.15) is 77.6 Å². The summed E-state index contributed by atoms with van der Waals surface area (Å²) in [5.74, 6) is 0. The van der Waals surface area contributed by atoms with Gasteiger partial charge in [-0.05, 0) is 32.1 Å². The highest BCUT2D eigenvalue weighted by Gasteiger charge is 2.40. The third-order valence-electron chi connectivity index (χ3n) is 4.97. The van der Waals surface area contributed by atoms with Crippen LogP contribution in [0.2, 0.25) is 0 Å². The van der Waals surface area contributed by atoms with Crippen LogP contribution in [-0.4, -0.2) is 59.6 Å². The number of allylic oxidation sites excluding steroid dienone is 2. The lowest BCUT2D eigenvalue weighted by Crippen LogP contribution is -2.42. The molecule has 0 aliphatic carbocycles. The van der Waals surface area contributed by atoms with Crippen molar-refractivity contribution in [3.05, 3.63) is 12.2 Å². The number of unbranched alkanes of at least 4 members (excludes halogenated alkanes) is 9. The highest BCUT2D eigenvalue weighted by molar-refractivity contribution is 4.88. The lowest BCUT2D eigenvalue weighted by atomic mass is 10.1. The van der Waals surface area contributed by atoms with Crippen LogP contribution in [0.4, 0.5) is 0 Å². The maximum Gasteiger partial charge on any atom is 0.114 e. The first-order valence-corrected chi connectivity index (χ1v) is 10.6. The van der Waals surface area contributed by atoms with E-state index in [1.165, 1.54) is 57.8 Å². The first-order chi connectivity index (χ1) is 12.7. The van der Waals surface area contributed by atoms with Gasteiger partial charge in [-0.3, -0.25) is 0 Å². The summed E-state index contributed by atoms with van der Waals surface area (Å²) >= 11 is 0. The minimum Gasteiger partial charge on any atom is -0.394 e. The van der Waals surface area contributed by atoms with Gasteiger partial charge in [0.2, 0.25) is 0 Å². The molecule has 0 spiro atoms. The predicted octanol–water partition coefficient (Wildman–Crippen LogP) is 3.35. The second kappa shape index (κ2) is 15.6. The van der Waals surface area contributed by atoms with Gasteiger partial charge in [0.1, 0.15) is 24.4 Å². The van der Waals surface area contributed by atoms with Crippen molar-refractivity contribution in [1.29, 1.82) is 0 Å². The van der Waals surface area contributed by atoms with Crippen LogP contribution in [0.3, 0.4) is 0 Å². The zero-order valence-electron chi connectivity index (χ0n) is 16.5. The van der Waals surface area contributed by atoms with Gasteiger partial charge in [-0.1, -0.05) is 57.6 Å². The van der Waals surface area contributed by atoms with Gasteiger partial charge in [-0.2, -0.15) is 0 Å². The highest BCUT2D eigenvalue weighted by atomic mass is 16.6. The van der Waals surface area contributed by atoms with Gasteiger partial charge in [0.05, 0.1) is 13.2 Å². The number of rotatable bonds is 16. The van der Waals surface area contributed by atoms with Gasteiger partial charge in [0.15, 0.2) is 0 Å². The smallest absolute Gasteiger partial charge is 0.114 e. The minimum atomic E-state index is -0.979. The normalized spacial score (nSPS) is 24.5. The molecule has 5 heteroatoms.